The number of nitrogens with zero attached hydrogens (tertiary/aromatic N) is 4. The fraction of sp³-hybridized carbons (Fsp3) is 0.873. The predicted octanol–water partition coefficient (Wildman–Crippen LogP) is 16.5. The van der Waals surface area contributed by atoms with Crippen LogP contribution in [0.1, 0.15) is 316 Å². The Hall–Kier alpha value is -1.80. The monoisotopic (exact) mass is 1550 g/mol. The van der Waals surface area contributed by atoms with Crippen molar-refractivity contribution in [3.05, 3.63) is 0 Å². The number of hydrogen-bond acceptors (Lipinski definition) is 12. The van der Waals surface area contributed by atoms with Crippen LogP contribution in [0.15, 0.2) is 0 Å². The van der Waals surface area contributed by atoms with Crippen molar-refractivity contribution in [2.24, 2.45) is 40.9 Å². The Kier molecular flexibility index (Phi) is 166. The fourth-order valence-electron chi connectivity index (χ4n) is 8.40. The Bertz CT molecular complexity index is 1360. The van der Waals surface area contributed by atoms with Gasteiger partial charge in [-0.3, -0.25) is 28.8 Å². The molecule has 4 bridgehead atoms. The van der Waals surface area contributed by atoms with Gasteiger partial charge in [-0.25, -0.2) is 0 Å². The van der Waals surface area contributed by atoms with E-state index in [4.69, 9.17) is 4.79 Å². The molecule has 0 radical (unpaired) electrons. The molecule has 4 saturated carbocycles. The zero-order valence-electron chi connectivity index (χ0n) is 57.0. The molecule has 0 aromatic carbocycles. The Morgan fingerprint density at radius 1 is 0.385 bits per heavy atom. The topological polar surface area (TPSA) is 269 Å². The summed E-state index contributed by atoms with van der Waals surface area (Å²) in [6, 6.07) is 0. The van der Waals surface area contributed by atoms with Gasteiger partial charge < -0.3 is 64.7 Å². The maximum absolute atomic E-state index is 11.5. The molecule has 91 heavy (non-hydrogen) atoms. The van der Waals surface area contributed by atoms with Gasteiger partial charge in [0.2, 0.25) is 35.4 Å². The molecule has 0 spiro atoms. The van der Waals surface area contributed by atoms with Crippen LogP contribution in [0, 0.1) is 23.7 Å². The van der Waals surface area contributed by atoms with E-state index in [1.165, 1.54) is 93.3 Å². The first-order valence-electron chi connectivity index (χ1n) is 27.1. The van der Waals surface area contributed by atoms with E-state index in [0.29, 0.717) is 25.9 Å². The zero-order chi connectivity index (χ0) is 61.8. The average Bonchev–Trinajstić information content (AvgIpc) is 3.34. The summed E-state index contributed by atoms with van der Waals surface area (Å²) < 4.78 is 0. The second-order valence-electron chi connectivity index (χ2n) is 20.2. The first-order chi connectivity index (χ1) is 34.5. The number of aldehydes is 1. The average molecular weight is 1550 g/mol. The van der Waals surface area contributed by atoms with Crippen molar-refractivity contribution < 1.29 is 73.3 Å². The van der Waals surface area contributed by atoms with Gasteiger partial charge in [0.1, 0.15) is 17.9 Å². The Morgan fingerprint density at radius 2 is 0.505 bits per heavy atom. The number of likely N-dealkylation sites (N-methyl/N-ethyl adjacent to an activating group) is 4. The van der Waals surface area contributed by atoms with E-state index in [1.807, 2.05) is 83.1 Å². The van der Waals surface area contributed by atoms with Crippen LogP contribution in [0.5, 0.6) is 0 Å². The van der Waals surface area contributed by atoms with Crippen molar-refractivity contribution in [2.75, 3.05) is 62.4 Å². The molecule has 0 aliphatic heterocycles. The van der Waals surface area contributed by atoms with Crippen molar-refractivity contribution in [1.29, 1.82) is 0 Å². The van der Waals surface area contributed by atoms with Gasteiger partial charge in [-0.1, -0.05) is 132 Å². The first-order valence-corrected chi connectivity index (χ1v) is 27.1. The molecule has 566 valence electrons. The molecule has 4 rings (SSSR count). The van der Waals surface area contributed by atoms with Crippen LogP contribution in [0.4, 0.5) is 0 Å². The fourth-order valence-corrected chi connectivity index (χ4v) is 8.40. The second-order valence-corrected chi connectivity index (χ2v) is 20.2. The number of amides is 6. The van der Waals surface area contributed by atoms with Gasteiger partial charge in [0.15, 0.2) is 0 Å². The van der Waals surface area contributed by atoms with Crippen molar-refractivity contribution in [2.45, 2.75) is 336 Å². The Morgan fingerprint density at radius 3 is 0.593 bits per heavy atom. The zero-order valence-corrected chi connectivity index (χ0v) is 63.5. The normalized spacial score (nSPS) is 13.1. The van der Waals surface area contributed by atoms with Gasteiger partial charge in [0.25, 0.3) is 0 Å². The van der Waals surface area contributed by atoms with Gasteiger partial charge in [0, 0.05) is 123 Å². The van der Waals surface area contributed by atoms with E-state index >= 15 is 0 Å². The van der Waals surface area contributed by atoms with E-state index < -0.39 is 22.2 Å². The van der Waals surface area contributed by atoms with Crippen molar-refractivity contribution in [3.8, 4) is 0 Å². The molecule has 0 unspecified atom stereocenters. The second kappa shape index (κ2) is 92.4. The number of Topliss-reactive ketones (excluding diaryl/α,β-unsaturated/α-hetero) is 2. The molecule has 0 saturated heterocycles. The SMILES string of the molecule is C.C.C.C.C.C.C.C.C.C.C.C.C.C.C1C2CC3CC1CC(C2)C3.CC.CC.CC(=O)CCCNC(C)=O.CC(=O)CCCNC(C)=O.CC(=O)N(C)C(C)(C)C(C)(C)N(C)C(C)=O.CC(=O)N(C)C(C)(C)C(C)(C)N(C)C(C)=O.CC=O.CN.CN.CN.[Ba+2].[Cd].[H-].[H-]. The molecule has 0 heterocycles. The summed E-state index contributed by atoms with van der Waals surface area (Å²) in [5, 5.41) is 5.22. The van der Waals surface area contributed by atoms with Crippen LogP contribution >= 0.6 is 0 Å². The molecule has 18 nitrogen and oxygen atoms in total. The van der Waals surface area contributed by atoms with Gasteiger partial charge in [0.05, 0.1) is 22.2 Å². The molecule has 6 amide bonds. The van der Waals surface area contributed by atoms with Crippen LogP contribution in [0.2, 0.25) is 0 Å². The van der Waals surface area contributed by atoms with E-state index in [0.717, 1.165) is 19.1 Å². The number of rotatable bonds is 14. The standard InChI is InChI=1S/2C12H24N2O2.C10H16.2C7H13NO2.C2H4O.2C2H6.3CH5N.14CH4.Ba.Cd.2H/c2*1-9(15)13(7)11(3,4)12(5,6)14(8)10(2)16;1-7-2-9-4-8(1)5-10(3-7)6-9;2*1-6(9)4-3-5-8-7(2)10;1-2-3;5*1-2;;;;;;;;;;;;;;;;;;/h2*1-8H3;7-10H,1-6H2;2*3-5H2,1-2H3,(H,8,10);2H,1H3;2*1-2H3;3*2H2,1H3;14*1H4;;;;/q;;;;;;;;;;;;;;;;;;;;;;;;;+2;;2*-1. The molecule has 0 aromatic heterocycles. The molecule has 4 aliphatic rings. The van der Waals surface area contributed by atoms with E-state index in [1.54, 1.807) is 100 Å². The van der Waals surface area contributed by atoms with Crippen molar-refractivity contribution in [3.63, 3.8) is 0 Å². The van der Waals surface area contributed by atoms with E-state index in [9.17, 15) is 38.4 Å². The maximum Gasteiger partial charge on any atom is 2.00 e. The van der Waals surface area contributed by atoms with Crippen LogP contribution in [-0.4, -0.2) is 206 Å². The first kappa shape index (κ1) is 163. The number of nitrogens with two attached hydrogens (primary N) is 3. The number of carbonyl (C=O) groups is 9. The van der Waals surface area contributed by atoms with Crippen LogP contribution in [0.3, 0.4) is 0 Å². The van der Waals surface area contributed by atoms with Crippen molar-refractivity contribution >= 4 is 102 Å². The van der Waals surface area contributed by atoms with Crippen LogP contribution < -0.4 is 27.8 Å². The number of carbonyl (C=O) groups excluding carboxylic acids is 9. The third kappa shape index (κ3) is 73.9. The van der Waals surface area contributed by atoms with Gasteiger partial charge >= 0.3 is 48.9 Å². The third-order valence-corrected chi connectivity index (χ3v) is 14.4. The molecule has 0 atom stereocenters. The Balaban J connectivity index is -0.0000000231. The molecule has 4 aliphatic carbocycles. The molecule has 20 heteroatoms. The van der Waals surface area contributed by atoms with Crippen molar-refractivity contribution in [1.82, 2.24) is 30.2 Å². The van der Waals surface area contributed by atoms with Crippen LogP contribution in [-0.2, 0) is 70.4 Å². The van der Waals surface area contributed by atoms with E-state index in [-0.39, 0.29) is 230 Å². The summed E-state index contributed by atoms with van der Waals surface area (Å²) in [4.78, 5) is 103. The van der Waals surface area contributed by atoms with Gasteiger partial charge in [-0.05, 0) is 172 Å². The predicted molar refractivity (Wildman–Crippen MR) is 416 cm³/mol. The Labute approximate surface area is 639 Å². The largest absolute Gasteiger partial charge is 2.00 e. The minimum Gasteiger partial charge on any atom is -1.00 e. The third-order valence-electron chi connectivity index (χ3n) is 14.4. The minimum atomic E-state index is -0.431. The van der Waals surface area contributed by atoms with Gasteiger partial charge in [-0.15, -0.1) is 0 Å². The maximum atomic E-state index is 11.5. The molecular formula is C71H179BaCdN9O9. The molecule has 4 fully saturated rings. The summed E-state index contributed by atoms with van der Waals surface area (Å²) in [7, 11) is 11.5. The smallest absolute Gasteiger partial charge is 1.00 e. The summed E-state index contributed by atoms with van der Waals surface area (Å²) in [5.74, 6) is 4.96. The van der Waals surface area contributed by atoms with E-state index in [2.05, 4.69) is 27.8 Å². The number of nitrogens with one attached hydrogen (secondary N) is 2. The minimum absolute atomic E-state index is 0. The van der Waals surface area contributed by atoms with Gasteiger partial charge in [-0.2, -0.15) is 0 Å². The summed E-state index contributed by atoms with van der Waals surface area (Å²) in [6.07, 6.45) is 13.0. The number of ketones is 2. The molecule has 8 N–H and O–H groups in total. The summed E-state index contributed by atoms with van der Waals surface area (Å²) in [5.41, 5.74) is 11.8. The molecule has 0 aromatic rings. The summed E-state index contributed by atoms with van der Waals surface area (Å²) in [6.45, 7) is 38.5. The molecular weight excluding hydrogens is 1370 g/mol. The summed E-state index contributed by atoms with van der Waals surface area (Å²) >= 11 is 0. The quantitative estimate of drug-likeness (QED) is 0.0617. The van der Waals surface area contributed by atoms with Crippen LogP contribution in [0.25, 0.3) is 0 Å². The number of hydrogen-bond donors (Lipinski definition) is 5.